The van der Waals surface area contributed by atoms with E-state index in [2.05, 4.69) is 4.72 Å². The van der Waals surface area contributed by atoms with E-state index in [0.717, 1.165) is 15.6 Å². The van der Waals surface area contributed by atoms with Crippen molar-refractivity contribution in [3.63, 3.8) is 0 Å². The molecule has 0 atom stereocenters. The smallest absolute Gasteiger partial charge is 0.271 e. The number of hydrogen-bond acceptors (Lipinski definition) is 4. The standard InChI is InChI=1S/C17H15NO3S2/c1-12(19)10-13-6-8-15(9-7-13)18-23(20,21)17-11-14-4-2-3-5-16(14)22-17/h2-9,11,18H,10H2,1H3. The predicted octanol–water partition coefficient (Wildman–Crippen LogP) is 3.83. The predicted molar refractivity (Wildman–Crippen MR) is 93.5 cm³/mol. The minimum Gasteiger partial charge on any atom is -0.300 e. The molecule has 0 amide bonds. The van der Waals surface area contributed by atoms with Crippen LogP contribution in [-0.2, 0) is 21.2 Å². The fourth-order valence-electron chi connectivity index (χ4n) is 2.27. The molecule has 0 radical (unpaired) electrons. The molecule has 0 spiro atoms. The number of thiophene rings is 1. The van der Waals surface area contributed by atoms with Crippen molar-refractivity contribution in [3.8, 4) is 0 Å². The van der Waals surface area contributed by atoms with Crippen molar-refractivity contribution in [3.05, 3.63) is 60.2 Å². The lowest BCUT2D eigenvalue weighted by molar-refractivity contribution is -0.116. The summed E-state index contributed by atoms with van der Waals surface area (Å²) in [5, 5.41) is 0.912. The van der Waals surface area contributed by atoms with Gasteiger partial charge in [-0.2, -0.15) is 0 Å². The molecule has 0 aliphatic heterocycles. The summed E-state index contributed by atoms with van der Waals surface area (Å²) in [7, 11) is -3.61. The van der Waals surface area contributed by atoms with Crippen LogP contribution in [0.25, 0.3) is 10.1 Å². The fourth-order valence-corrected chi connectivity index (χ4v) is 4.73. The van der Waals surface area contributed by atoms with Gasteiger partial charge in [0.2, 0.25) is 0 Å². The minimum absolute atomic E-state index is 0.0728. The minimum atomic E-state index is -3.61. The van der Waals surface area contributed by atoms with E-state index in [0.29, 0.717) is 12.1 Å². The van der Waals surface area contributed by atoms with Gasteiger partial charge in [-0.3, -0.25) is 9.52 Å². The Morgan fingerprint density at radius 3 is 2.43 bits per heavy atom. The Labute approximate surface area is 138 Å². The Balaban J connectivity index is 1.84. The number of anilines is 1. The molecular formula is C17H15NO3S2. The van der Waals surface area contributed by atoms with Crippen LogP contribution in [0.15, 0.2) is 58.8 Å². The Bertz CT molecular complexity index is 924. The zero-order chi connectivity index (χ0) is 16.4. The summed E-state index contributed by atoms with van der Waals surface area (Å²) >= 11 is 1.24. The average molecular weight is 345 g/mol. The van der Waals surface area contributed by atoms with E-state index in [1.165, 1.54) is 18.3 Å². The zero-order valence-corrected chi connectivity index (χ0v) is 14.1. The van der Waals surface area contributed by atoms with Crippen LogP contribution >= 0.6 is 11.3 Å². The summed E-state index contributed by atoms with van der Waals surface area (Å²) in [6.45, 7) is 1.53. The van der Waals surface area contributed by atoms with E-state index in [4.69, 9.17) is 0 Å². The number of sulfonamides is 1. The van der Waals surface area contributed by atoms with E-state index < -0.39 is 10.0 Å². The highest BCUT2D eigenvalue weighted by molar-refractivity contribution is 7.94. The Morgan fingerprint density at radius 1 is 1.09 bits per heavy atom. The molecule has 0 bridgehead atoms. The van der Waals surface area contributed by atoms with Gasteiger partial charge in [0, 0.05) is 16.8 Å². The Hall–Kier alpha value is -2.18. The molecule has 1 aromatic heterocycles. The number of carbonyl (C=O) groups excluding carboxylic acids is 1. The van der Waals surface area contributed by atoms with Crippen LogP contribution in [0.5, 0.6) is 0 Å². The Morgan fingerprint density at radius 2 is 1.78 bits per heavy atom. The van der Waals surface area contributed by atoms with Gasteiger partial charge in [-0.1, -0.05) is 30.3 Å². The first-order valence-corrected chi connectivity index (χ1v) is 9.34. The molecule has 0 unspecified atom stereocenters. The van der Waals surface area contributed by atoms with Gasteiger partial charge in [0.05, 0.1) is 0 Å². The first-order chi connectivity index (χ1) is 10.9. The molecule has 0 aliphatic rings. The van der Waals surface area contributed by atoms with Gasteiger partial charge >= 0.3 is 0 Å². The number of fused-ring (bicyclic) bond motifs is 1. The second-order valence-corrected chi connectivity index (χ2v) is 8.28. The van der Waals surface area contributed by atoms with Gasteiger partial charge in [0.15, 0.2) is 0 Å². The summed E-state index contributed by atoms with van der Waals surface area (Å²) < 4.78 is 28.8. The molecule has 3 aromatic rings. The van der Waals surface area contributed by atoms with E-state index in [1.54, 1.807) is 30.3 Å². The van der Waals surface area contributed by atoms with Gasteiger partial charge in [-0.25, -0.2) is 8.42 Å². The average Bonchev–Trinajstić information content (AvgIpc) is 2.93. The van der Waals surface area contributed by atoms with Crippen LogP contribution in [0.3, 0.4) is 0 Å². The molecule has 118 valence electrons. The van der Waals surface area contributed by atoms with Crippen molar-refractivity contribution in [2.75, 3.05) is 4.72 Å². The van der Waals surface area contributed by atoms with Crippen molar-refractivity contribution in [1.82, 2.24) is 0 Å². The van der Waals surface area contributed by atoms with Gasteiger partial charge in [0.25, 0.3) is 10.0 Å². The van der Waals surface area contributed by atoms with Crippen molar-refractivity contribution in [1.29, 1.82) is 0 Å². The summed E-state index contributed by atoms with van der Waals surface area (Å²) in [5.41, 5.74) is 1.34. The normalized spacial score (nSPS) is 11.5. The molecule has 1 N–H and O–H groups in total. The summed E-state index contributed by atoms with van der Waals surface area (Å²) in [6.07, 6.45) is 0.351. The first-order valence-electron chi connectivity index (χ1n) is 7.04. The van der Waals surface area contributed by atoms with E-state index in [1.807, 2.05) is 24.3 Å². The summed E-state index contributed by atoms with van der Waals surface area (Å²) in [4.78, 5) is 11.1. The SMILES string of the molecule is CC(=O)Cc1ccc(NS(=O)(=O)c2cc3ccccc3s2)cc1. The third-order valence-corrected chi connectivity index (χ3v) is 6.30. The van der Waals surface area contributed by atoms with Gasteiger partial charge in [-0.05, 0) is 42.1 Å². The van der Waals surface area contributed by atoms with Crippen LogP contribution in [-0.4, -0.2) is 14.2 Å². The first kappa shape index (κ1) is 15.7. The second kappa shape index (κ2) is 6.14. The van der Waals surface area contributed by atoms with Gasteiger partial charge in [-0.15, -0.1) is 11.3 Å². The molecular weight excluding hydrogens is 330 g/mol. The number of nitrogens with one attached hydrogen (secondary N) is 1. The molecule has 0 saturated carbocycles. The third kappa shape index (κ3) is 3.60. The lowest BCUT2D eigenvalue weighted by atomic mass is 10.1. The van der Waals surface area contributed by atoms with E-state index in [9.17, 15) is 13.2 Å². The highest BCUT2D eigenvalue weighted by Crippen LogP contribution is 2.30. The molecule has 0 aliphatic carbocycles. The van der Waals surface area contributed by atoms with E-state index in [-0.39, 0.29) is 9.99 Å². The molecule has 0 fully saturated rings. The molecule has 0 saturated heterocycles. The van der Waals surface area contributed by atoms with Crippen LogP contribution in [0.2, 0.25) is 0 Å². The highest BCUT2D eigenvalue weighted by Gasteiger charge is 2.17. The second-order valence-electron chi connectivity index (χ2n) is 5.28. The molecule has 6 heteroatoms. The zero-order valence-electron chi connectivity index (χ0n) is 12.4. The van der Waals surface area contributed by atoms with Gasteiger partial charge in [0.1, 0.15) is 9.99 Å². The van der Waals surface area contributed by atoms with Gasteiger partial charge < -0.3 is 0 Å². The molecule has 3 rings (SSSR count). The van der Waals surface area contributed by atoms with Crippen LogP contribution in [0.4, 0.5) is 5.69 Å². The number of ketones is 1. The van der Waals surface area contributed by atoms with Crippen molar-refractivity contribution in [2.24, 2.45) is 0 Å². The van der Waals surface area contributed by atoms with Crippen molar-refractivity contribution < 1.29 is 13.2 Å². The lowest BCUT2D eigenvalue weighted by Gasteiger charge is -2.07. The number of hydrogen-bond donors (Lipinski definition) is 1. The maximum atomic E-state index is 12.5. The maximum Gasteiger partial charge on any atom is 0.271 e. The van der Waals surface area contributed by atoms with Crippen LogP contribution in [0.1, 0.15) is 12.5 Å². The highest BCUT2D eigenvalue weighted by atomic mass is 32.2. The molecule has 1 heterocycles. The number of Topliss-reactive ketones (excluding diaryl/α,β-unsaturated/α-hetero) is 1. The lowest BCUT2D eigenvalue weighted by Crippen LogP contribution is -2.11. The fraction of sp³-hybridized carbons (Fsp3) is 0.118. The van der Waals surface area contributed by atoms with Crippen LogP contribution in [0, 0.1) is 0 Å². The third-order valence-electron chi connectivity index (χ3n) is 3.33. The Kier molecular flexibility index (Phi) is 4.19. The summed E-state index contributed by atoms with van der Waals surface area (Å²) in [6, 6.07) is 16.1. The van der Waals surface area contributed by atoms with Crippen LogP contribution < -0.4 is 4.72 Å². The molecule has 4 nitrogen and oxygen atoms in total. The van der Waals surface area contributed by atoms with Crippen molar-refractivity contribution >= 4 is 42.9 Å². The molecule has 2 aromatic carbocycles. The molecule has 23 heavy (non-hydrogen) atoms. The number of carbonyl (C=O) groups is 1. The largest absolute Gasteiger partial charge is 0.300 e. The number of benzene rings is 2. The maximum absolute atomic E-state index is 12.5. The summed E-state index contributed by atoms with van der Waals surface area (Å²) in [5.74, 6) is 0.0728. The van der Waals surface area contributed by atoms with E-state index >= 15 is 0 Å². The quantitative estimate of drug-likeness (QED) is 0.764. The number of rotatable bonds is 5. The van der Waals surface area contributed by atoms with Crippen molar-refractivity contribution in [2.45, 2.75) is 17.6 Å². The monoisotopic (exact) mass is 345 g/mol. The topological polar surface area (TPSA) is 63.2 Å².